The van der Waals surface area contributed by atoms with Crippen molar-refractivity contribution in [1.82, 2.24) is 9.47 Å². The molecule has 0 aliphatic carbocycles. The van der Waals surface area contributed by atoms with Crippen LogP contribution in [-0.2, 0) is 6.42 Å². The maximum atomic E-state index is 6.54. The van der Waals surface area contributed by atoms with Crippen molar-refractivity contribution < 1.29 is 0 Å². The fourth-order valence-corrected chi connectivity index (χ4v) is 6.17. The number of para-hydroxylation sites is 1. The van der Waals surface area contributed by atoms with Gasteiger partial charge in [-0.05, 0) is 62.6 Å². The van der Waals surface area contributed by atoms with Gasteiger partial charge in [0, 0.05) is 35.2 Å². The molecular weight excluding hydrogens is 294 g/mol. The summed E-state index contributed by atoms with van der Waals surface area (Å²) < 4.78 is 2.66. The summed E-state index contributed by atoms with van der Waals surface area (Å²) in [5, 5.41) is 1.48. The first kappa shape index (κ1) is 15.0. The molecule has 3 heteroatoms. The van der Waals surface area contributed by atoms with Gasteiger partial charge in [-0.1, -0.05) is 25.1 Å². The largest absolute Gasteiger partial charge is 0.338 e. The molecule has 2 aromatic rings. The molecule has 128 valence electrons. The Hall–Kier alpha value is -1.32. The van der Waals surface area contributed by atoms with Gasteiger partial charge in [0.1, 0.15) is 0 Å². The first-order valence-corrected chi connectivity index (χ1v) is 9.77. The SMILES string of the molecule is CC[C@]12CCCN3CCc4c(n(c5ccccc45)C(C(C)N)C1)[C@@H]32. The van der Waals surface area contributed by atoms with Crippen LogP contribution in [0.15, 0.2) is 24.3 Å². The molecule has 0 radical (unpaired) electrons. The Labute approximate surface area is 144 Å². The fraction of sp³-hybridized carbons (Fsp3) is 0.619. The summed E-state index contributed by atoms with van der Waals surface area (Å²) in [6, 6.07) is 10.3. The Bertz CT molecular complexity index is 790. The molecule has 0 spiro atoms. The standard InChI is InChI=1S/C21H29N3/c1-3-21-10-6-11-23-12-9-16-15-7-4-5-8-17(15)24(19(16)20(21)23)18(13-21)14(2)22/h4-5,7-8,14,18,20H,3,6,9-13,22H2,1-2H3/t14?,18?,20-,21+/m1/s1. The van der Waals surface area contributed by atoms with E-state index in [-0.39, 0.29) is 6.04 Å². The van der Waals surface area contributed by atoms with Crippen molar-refractivity contribution in [1.29, 1.82) is 0 Å². The predicted molar refractivity (Wildman–Crippen MR) is 99.2 cm³/mol. The summed E-state index contributed by atoms with van der Waals surface area (Å²) in [5.41, 5.74) is 11.6. The van der Waals surface area contributed by atoms with E-state index in [0.717, 1.165) is 0 Å². The van der Waals surface area contributed by atoms with Crippen LogP contribution in [0.3, 0.4) is 0 Å². The van der Waals surface area contributed by atoms with Gasteiger partial charge in [-0.25, -0.2) is 0 Å². The van der Waals surface area contributed by atoms with E-state index >= 15 is 0 Å². The fourth-order valence-electron chi connectivity index (χ4n) is 6.17. The molecule has 4 heterocycles. The third-order valence-corrected chi connectivity index (χ3v) is 7.29. The maximum absolute atomic E-state index is 6.54. The normalized spacial score (nSPS) is 33.5. The molecule has 4 atom stereocenters. The molecule has 3 aliphatic heterocycles. The molecule has 5 rings (SSSR count). The van der Waals surface area contributed by atoms with Crippen molar-refractivity contribution in [2.24, 2.45) is 11.1 Å². The zero-order valence-electron chi connectivity index (χ0n) is 15.0. The topological polar surface area (TPSA) is 34.2 Å². The molecule has 0 bridgehead atoms. The molecular formula is C21H29N3. The minimum atomic E-state index is 0.201. The third kappa shape index (κ3) is 1.75. The first-order valence-electron chi connectivity index (χ1n) is 9.77. The predicted octanol–water partition coefficient (Wildman–Crippen LogP) is 4.02. The number of aromatic nitrogens is 1. The summed E-state index contributed by atoms with van der Waals surface area (Å²) in [6.45, 7) is 7.12. The Balaban J connectivity index is 1.85. The van der Waals surface area contributed by atoms with Gasteiger partial charge in [0.15, 0.2) is 0 Å². The average molecular weight is 323 g/mol. The van der Waals surface area contributed by atoms with E-state index in [1.807, 2.05) is 0 Å². The monoisotopic (exact) mass is 323 g/mol. The van der Waals surface area contributed by atoms with Crippen molar-refractivity contribution in [2.45, 2.75) is 64.1 Å². The number of nitrogens with zero attached hydrogens (tertiary/aromatic N) is 2. The highest BCUT2D eigenvalue weighted by Gasteiger charge is 2.53. The molecule has 2 N–H and O–H groups in total. The van der Waals surface area contributed by atoms with Crippen molar-refractivity contribution in [3.63, 3.8) is 0 Å². The van der Waals surface area contributed by atoms with Crippen molar-refractivity contribution >= 4 is 10.9 Å². The molecule has 1 saturated heterocycles. The Kier molecular flexibility index (Phi) is 3.18. The second-order valence-corrected chi connectivity index (χ2v) is 8.39. The molecule has 1 aromatic carbocycles. The summed E-state index contributed by atoms with van der Waals surface area (Å²) in [7, 11) is 0. The third-order valence-electron chi connectivity index (χ3n) is 7.29. The van der Waals surface area contributed by atoms with Gasteiger partial charge >= 0.3 is 0 Å². The van der Waals surface area contributed by atoms with Gasteiger partial charge in [0.25, 0.3) is 0 Å². The van der Waals surface area contributed by atoms with Crippen molar-refractivity contribution in [3.05, 3.63) is 35.5 Å². The van der Waals surface area contributed by atoms with E-state index in [9.17, 15) is 0 Å². The molecule has 2 unspecified atom stereocenters. The van der Waals surface area contributed by atoms with Gasteiger partial charge in [-0.2, -0.15) is 0 Å². The van der Waals surface area contributed by atoms with Gasteiger partial charge in [-0.15, -0.1) is 0 Å². The van der Waals surface area contributed by atoms with Crippen LogP contribution in [-0.4, -0.2) is 28.6 Å². The van der Waals surface area contributed by atoms with Crippen LogP contribution in [0.4, 0.5) is 0 Å². The van der Waals surface area contributed by atoms with Gasteiger partial charge in [0.2, 0.25) is 0 Å². The highest BCUT2D eigenvalue weighted by atomic mass is 15.2. The highest BCUT2D eigenvalue weighted by molar-refractivity contribution is 5.86. The summed E-state index contributed by atoms with van der Waals surface area (Å²) >= 11 is 0. The smallest absolute Gasteiger partial charge is 0.0561 e. The molecule has 1 fully saturated rings. The maximum Gasteiger partial charge on any atom is 0.0561 e. The van der Waals surface area contributed by atoms with Crippen LogP contribution < -0.4 is 5.73 Å². The van der Waals surface area contributed by atoms with Crippen LogP contribution in [0.5, 0.6) is 0 Å². The van der Waals surface area contributed by atoms with Crippen LogP contribution in [0.1, 0.15) is 62.9 Å². The average Bonchev–Trinajstić information content (AvgIpc) is 2.95. The molecule has 3 nitrogen and oxygen atoms in total. The zero-order valence-corrected chi connectivity index (χ0v) is 15.0. The number of nitrogens with two attached hydrogens (primary N) is 1. The van der Waals surface area contributed by atoms with Gasteiger partial charge < -0.3 is 10.3 Å². The highest BCUT2D eigenvalue weighted by Crippen LogP contribution is 2.59. The Morgan fingerprint density at radius 2 is 2.12 bits per heavy atom. The van der Waals surface area contributed by atoms with Gasteiger partial charge in [0.05, 0.1) is 6.04 Å². The second kappa shape index (κ2) is 5.09. The van der Waals surface area contributed by atoms with Crippen LogP contribution >= 0.6 is 0 Å². The Morgan fingerprint density at radius 1 is 1.29 bits per heavy atom. The number of benzene rings is 1. The number of piperidine rings is 1. The van der Waals surface area contributed by atoms with Crippen LogP contribution in [0.2, 0.25) is 0 Å². The zero-order chi connectivity index (χ0) is 16.5. The molecule has 0 amide bonds. The summed E-state index contributed by atoms with van der Waals surface area (Å²) in [5.74, 6) is 0. The van der Waals surface area contributed by atoms with Crippen LogP contribution in [0, 0.1) is 5.41 Å². The molecule has 3 aliphatic rings. The van der Waals surface area contributed by atoms with E-state index in [1.54, 1.807) is 11.3 Å². The lowest BCUT2D eigenvalue weighted by Gasteiger charge is -2.57. The Morgan fingerprint density at radius 3 is 2.92 bits per heavy atom. The molecule has 0 saturated carbocycles. The number of hydrogen-bond acceptors (Lipinski definition) is 2. The lowest BCUT2D eigenvalue weighted by Crippen LogP contribution is -2.54. The van der Waals surface area contributed by atoms with Crippen LogP contribution in [0.25, 0.3) is 10.9 Å². The quantitative estimate of drug-likeness (QED) is 0.905. The number of rotatable bonds is 2. The minimum Gasteiger partial charge on any atom is -0.338 e. The molecule has 1 aromatic heterocycles. The van der Waals surface area contributed by atoms with Crippen molar-refractivity contribution in [3.8, 4) is 0 Å². The summed E-state index contributed by atoms with van der Waals surface area (Å²) in [4.78, 5) is 2.79. The van der Waals surface area contributed by atoms with E-state index < -0.39 is 0 Å². The van der Waals surface area contributed by atoms with Gasteiger partial charge in [-0.3, -0.25) is 4.90 Å². The minimum absolute atomic E-state index is 0.201. The number of hydrogen-bond donors (Lipinski definition) is 1. The lowest BCUT2D eigenvalue weighted by atomic mass is 9.62. The number of fused-ring (bicyclic) bond motifs is 3. The van der Waals surface area contributed by atoms with E-state index in [2.05, 4.69) is 47.6 Å². The lowest BCUT2D eigenvalue weighted by molar-refractivity contribution is -0.0380. The second-order valence-electron chi connectivity index (χ2n) is 8.39. The first-order chi connectivity index (χ1) is 11.7. The van der Waals surface area contributed by atoms with E-state index in [0.29, 0.717) is 17.5 Å². The van der Waals surface area contributed by atoms with E-state index in [4.69, 9.17) is 5.73 Å². The molecule has 24 heavy (non-hydrogen) atoms. The van der Waals surface area contributed by atoms with E-state index in [1.165, 1.54) is 56.1 Å². The van der Waals surface area contributed by atoms with Crippen molar-refractivity contribution in [2.75, 3.05) is 13.1 Å². The summed E-state index contributed by atoms with van der Waals surface area (Å²) in [6.07, 6.45) is 6.44.